The Morgan fingerprint density at radius 3 is 2.68 bits per heavy atom. The van der Waals surface area contributed by atoms with Crippen molar-refractivity contribution in [2.45, 2.75) is 12.5 Å². The lowest BCUT2D eigenvalue weighted by atomic mass is 10.0. The molecule has 1 heterocycles. The smallest absolute Gasteiger partial charge is 0.250 e. The van der Waals surface area contributed by atoms with E-state index in [1.165, 1.54) is 12.3 Å². The van der Waals surface area contributed by atoms with Crippen molar-refractivity contribution in [1.82, 2.24) is 10.5 Å². The van der Waals surface area contributed by atoms with Gasteiger partial charge in [0.1, 0.15) is 12.3 Å². The van der Waals surface area contributed by atoms with Crippen LogP contribution in [0.15, 0.2) is 59.3 Å². The molecule has 0 bridgehead atoms. The summed E-state index contributed by atoms with van der Waals surface area (Å²) in [5, 5.41) is 19.9. The maximum atomic E-state index is 12.3. The van der Waals surface area contributed by atoms with Crippen molar-refractivity contribution in [2.75, 3.05) is 11.9 Å². The average molecular weight is 339 g/mol. The van der Waals surface area contributed by atoms with Crippen LogP contribution in [0.1, 0.15) is 5.56 Å². The zero-order valence-electron chi connectivity index (χ0n) is 13.3. The molecule has 2 aromatic carbocycles. The Morgan fingerprint density at radius 2 is 1.92 bits per heavy atom. The summed E-state index contributed by atoms with van der Waals surface area (Å²) in [7, 11) is 0. The van der Waals surface area contributed by atoms with Crippen LogP contribution in [0.3, 0.4) is 0 Å². The predicted octanol–water partition coefficient (Wildman–Crippen LogP) is 1.49. The summed E-state index contributed by atoms with van der Waals surface area (Å²) in [6.45, 7) is -0.523. The standard InChI is InChI=1S/C18H17N3O4/c22-11-15(18(24)20-16-8-9-25-21-16)19-17(23)10-13-6-3-5-12-4-1-2-7-14(12)13/h1-9,15,22H,10-11H2,(H,19,23)(H,20,21,24)/t15-/m0/s1. The number of benzene rings is 2. The minimum atomic E-state index is -1.07. The third kappa shape index (κ3) is 4.02. The van der Waals surface area contributed by atoms with E-state index < -0.39 is 18.6 Å². The maximum Gasteiger partial charge on any atom is 0.250 e. The van der Waals surface area contributed by atoms with Crippen molar-refractivity contribution in [3.63, 3.8) is 0 Å². The van der Waals surface area contributed by atoms with E-state index in [2.05, 4.69) is 20.3 Å². The Balaban J connectivity index is 1.66. The van der Waals surface area contributed by atoms with E-state index in [1.54, 1.807) is 0 Å². The summed E-state index contributed by atoms with van der Waals surface area (Å²) in [5.74, 6) is -0.708. The molecule has 0 aliphatic heterocycles. The van der Waals surface area contributed by atoms with Gasteiger partial charge in [-0.3, -0.25) is 9.59 Å². The van der Waals surface area contributed by atoms with Crippen LogP contribution in [0.25, 0.3) is 10.8 Å². The fourth-order valence-corrected chi connectivity index (χ4v) is 2.55. The summed E-state index contributed by atoms with van der Waals surface area (Å²) in [5.41, 5.74) is 0.851. The van der Waals surface area contributed by atoms with Gasteiger partial charge in [-0.15, -0.1) is 0 Å². The van der Waals surface area contributed by atoms with Crippen LogP contribution >= 0.6 is 0 Å². The molecule has 0 saturated carbocycles. The lowest BCUT2D eigenvalue weighted by Crippen LogP contribution is -2.46. The van der Waals surface area contributed by atoms with Gasteiger partial charge in [0.15, 0.2) is 5.82 Å². The van der Waals surface area contributed by atoms with Crippen molar-refractivity contribution in [3.8, 4) is 0 Å². The number of hydrogen-bond donors (Lipinski definition) is 3. The van der Waals surface area contributed by atoms with Gasteiger partial charge in [0.2, 0.25) is 5.91 Å². The van der Waals surface area contributed by atoms with Crippen LogP contribution in [-0.2, 0) is 16.0 Å². The Labute approximate surface area is 143 Å². The number of fused-ring (bicyclic) bond motifs is 1. The van der Waals surface area contributed by atoms with Gasteiger partial charge in [-0.05, 0) is 16.3 Å². The zero-order valence-corrected chi connectivity index (χ0v) is 13.3. The Kier molecular flexibility index (Phi) is 5.06. The second kappa shape index (κ2) is 7.59. The number of aliphatic hydroxyl groups excluding tert-OH is 1. The summed E-state index contributed by atoms with van der Waals surface area (Å²) in [4.78, 5) is 24.4. The normalized spacial score (nSPS) is 11.9. The quantitative estimate of drug-likeness (QED) is 0.631. The van der Waals surface area contributed by atoms with E-state index in [9.17, 15) is 14.7 Å². The first-order valence-corrected chi connectivity index (χ1v) is 7.75. The van der Waals surface area contributed by atoms with E-state index in [0.29, 0.717) is 0 Å². The number of aromatic nitrogens is 1. The molecule has 1 atom stereocenters. The topological polar surface area (TPSA) is 104 Å². The van der Waals surface area contributed by atoms with Gasteiger partial charge in [-0.2, -0.15) is 0 Å². The third-order valence-corrected chi connectivity index (χ3v) is 3.75. The van der Waals surface area contributed by atoms with Gasteiger partial charge in [-0.25, -0.2) is 0 Å². The number of anilines is 1. The fourth-order valence-electron chi connectivity index (χ4n) is 2.55. The molecule has 0 radical (unpaired) electrons. The number of nitrogens with one attached hydrogen (secondary N) is 2. The van der Waals surface area contributed by atoms with E-state index in [1.807, 2.05) is 42.5 Å². The molecule has 0 fully saturated rings. The Morgan fingerprint density at radius 1 is 1.12 bits per heavy atom. The molecule has 25 heavy (non-hydrogen) atoms. The van der Waals surface area contributed by atoms with E-state index in [-0.39, 0.29) is 18.1 Å². The molecular formula is C18H17N3O4. The van der Waals surface area contributed by atoms with E-state index >= 15 is 0 Å². The Hall–Kier alpha value is -3.19. The molecule has 0 spiro atoms. The van der Waals surface area contributed by atoms with Crippen LogP contribution in [0.4, 0.5) is 5.82 Å². The molecule has 0 aliphatic carbocycles. The van der Waals surface area contributed by atoms with Crippen LogP contribution in [0, 0.1) is 0 Å². The molecule has 2 amide bonds. The number of rotatable bonds is 6. The van der Waals surface area contributed by atoms with Gasteiger partial charge in [-0.1, -0.05) is 47.6 Å². The highest BCUT2D eigenvalue weighted by atomic mass is 16.5. The van der Waals surface area contributed by atoms with Crippen molar-refractivity contribution < 1.29 is 19.2 Å². The molecular weight excluding hydrogens is 322 g/mol. The molecule has 128 valence electrons. The lowest BCUT2D eigenvalue weighted by Gasteiger charge is -2.15. The summed E-state index contributed by atoms with van der Waals surface area (Å²) >= 11 is 0. The van der Waals surface area contributed by atoms with Gasteiger partial charge < -0.3 is 20.3 Å². The van der Waals surface area contributed by atoms with Crippen LogP contribution in [-0.4, -0.2) is 34.7 Å². The van der Waals surface area contributed by atoms with E-state index in [0.717, 1.165) is 16.3 Å². The molecule has 0 saturated heterocycles. The second-order valence-corrected chi connectivity index (χ2v) is 5.49. The summed E-state index contributed by atoms with van der Waals surface area (Å²) < 4.78 is 4.62. The SMILES string of the molecule is O=C(Cc1cccc2ccccc12)N[C@@H](CO)C(=O)Nc1ccon1. The first-order valence-electron chi connectivity index (χ1n) is 7.75. The molecule has 3 aromatic rings. The lowest BCUT2D eigenvalue weighted by molar-refractivity contribution is -0.126. The Bertz CT molecular complexity index is 872. The molecule has 7 heteroatoms. The monoisotopic (exact) mass is 339 g/mol. The van der Waals surface area contributed by atoms with Crippen LogP contribution in [0.5, 0.6) is 0 Å². The molecule has 3 N–H and O–H groups in total. The minimum Gasteiger partial charge on any atom is -0.394 e. The zero-order chi connectivity index (χ0) is 17.6. The van der Waals surface area contributed by atoms with Gasteiger partial charge in [0.25, 0.3) is 5.91 Å². The first kappa shape index (κ1) is 16.7. The van der Waals surface area contributed by atoms with Crippen LogP contribution in [0.2, 0.25) is 0 Å². The highest BCUT2D eigenvalue weighted by Crippen LogP contribution is 2.18. The second-order valence-electron chi connectivity index (χ2n) is 5.49. The fraction of sp³-hybridized carbons (Fsp3) is 0.167. The van der Waals surface area contributed by atoms with Gasteiger partial charge in [0.05, 0.1) is 13.0 Å². The first-order chi connectivity index (χ1) is 12.2. The highest BCUT2D eigenvalue weighted by Gasteiger charge is 2.21. The molecule has 0 unspecified atom stereocenters. The van der Waals surface area contributed by atoms with Crippen LogP contribution < -0.4 is 10.6 Å². The number of hydrogen-bond acceptors (Lipinski definition) is 5. The highest BCUT2D eigenvalue weighted by molar-refractivity contribution is 5.97. The van der Waals surface area contributed by atoms with E-state index in [4.69, 9.17) is 0 Å². The number of aliphatic hydroxyl groups is 1. The maximum absolute atomic E-state index is 12.3. The van der Waals surface area contributed by atoms with Crippen molar-refractivity contribution in [2.24, 2.45) is 0 Å². The van der Waals surface area contributed by atoms with Gasteiger partial charge >= 0.3 is 0 Å². The average Bonchev–Trinajstić information content (AvgIpc) is 3.13. The number of carbonyl (C=O) groups is 2. The summed E-state index contributed by atoms with van der Waals surface area (Å²) in [6, 6.07) is 13.9. The molecule has 0 aliphatic rings. The van der Waals surface area contributed by atoms with Crippen molar-refractivity contribution >= 4 is 28.4 Å². The van der Waals surface area contributed by atoms with Crippen molar-refractivity contribution in [3.05, 3.63) is 60.4 Å². The largest absolute Gasteiger partial charge is 0.394 e. The predicted molar refractivity (Wildman–Crippen MR) is 91.8 cm³/mol. The molecule has 1 aromatic heterocycles. The van der Waals surface area contributed by atoms with Gasteiger partial charge in [0, 0.05) is 6.07 Å². The number of carbonyl (C=O) groups excluding carboxylic acids is 2. The number of nitrogens with zero attached hydrogens (tertiary/aromatic N) is 1. The number of amides is 2. The minimum absolute atomic E-state index is 0.106. The van der Waals surface area contributed by atoms with Crippen molar-refractivity contribution in [1.29, 1.82) is 0 Å². The molecule has 3 rings (SSSR count). The summed E-state index contributed by atoms with van der Waals surface area (Å²) in [6.07, 6.45) is 1.41. The molecule has 7 nitrogen and oxygen atoms in total. The third-order valence-electron chi connectivity index (χ3n) is 3.75.